The van der Waals surface area contributed by atoms with Crippen LogP contribution in [0.1, 0.15) is 5.56 Å². The largest absolute Gasteiger partial charge is 0.376 e. The van der Waals surface area contributed by atoms with Crippen molar-refractivity contribution < 1.29 is 26.3 Å². The molecule has 24 heavy (non-hydrogen) atoms. The summed E-state index contributed by atoms with van der Waals surface area (Å²) < 4.78 is 82.8. The molecule has 124 valence electrons. The molecule has 0 atom stereocenters. The molecule has 8 heteroatoms. The number of benzene rings is 2. The number of aromatic nitrogens is 1. The van der Waals surface area contributed by atoms with Gasteiger partial charge in [0.1, 0.15) is 5.69 Å². The summed E-state index contributed by atoms with van der Waals surface area (Å²) in [7, 11) is 0. The van der Waals surface area contributed by atoms with E-state index in [0.717, 1.165) is 0 Å². The molecule has 2 aromatic carbocycles. The summed E-state index contributed by atoms with van der Waals surface area (Å²) in [6.07, 6.45) is 0. The van der Waals surface area contributed by atoms with E-state index < -0.39 is 51.6 Å². The third kappa shape index (κ3) is 2.53. The molecule has 1 N–H and O–H groups in total. The second-order valence-corrected chi connectivity index (χ2v) is 4.91. The lowest BCUT2D eigenvalue weighted by atomic mass is 10.1. The quantitative estimate of drug-likeness (QED) is 0.425. The Kier molecular flexibility index (Phi) is 4.04. The molecule has 0 aliphatic rings. The van der Waals surface area contributed by atoms with Crippen LogP contribution in [-0.2, 0) is 6.54 Å². The van der Waals surface area contributed by atoms with E-state index in [1.54, 1.807) is 30.3 Å². The predicted molar refractivity (Wildman–Crippen MR) is 75.3 cm³/mol. The first kappa shape index (κ1) is 16.1. The van der Waals surface area contributed by atoms with Crippen molar-refractivity contribution in [2.45, 2.75) is 6.54 Å². The summed E-state index contributed by atoms with van der Waals surface area (Å²) in [5, 5.41) is -0.444. The molecular formula is C16H8F6N2. The first-order chi connectivity index (χ1) is 11.4. The van der Waals surface area contributed by atoms with Gasteiger partial charge in [-0.1, -0.05) is 30.3 Å². The highest BCUT2D eigenvalue weighted by Gasteiger charge is 2.27. The van der Waals surface area contributed by atoms with Gasteiger partial charge in [-0.3, -0.25) is 0 Å². The Morgan fingerprint density at radius 1 is 0.708 bits per heavy atom. The van der Waals surface area contributed by atoms with Gasteiger partial charge in [0.25, 0.3) is 5.95 Å². The van der Waals surface area contributed by atoms with Crippen LogP contribution in [0.15, 0.2) is 30.3 Å². The maximum atomic E-state index is 14.4. The maximum absolute atomic E-state index is 14.4. The van der Waals surface area contributed by atoms with Crippen LogP contribution in [0.25, 0.3) is 10.8 Å². The molecule has 0 saturated carbocycles. The number of hydrogen-bond donors (Lipinski definition) is 1. The zero-order valence-electron chi connectivity index (χ0n) is 11.8. The highest BCUT2D eigenvalue weighted by Crippen LogP contribution is 2.34. The minimum absolute atomic E-state index is 0.114. The van der Waals surface area contributed by atoms with Gasteiger partial charge >= 0.3 is 0 Å². The Morgan fingerprint density at radius 2 is 1.38 bits per heavy atom. The molecule has 3 aromatic rings. The van der Waals surface area contributed by atoms with Crippen LogP contribution in [0.3, 0.4) is 0 Å². The third-order valence-electron chi connectivity index (χ3n) is 3.44. The van der Waals surface area contributed by atoms with Gasteiger partial charge < -0.3 is 5.32 Å². The number of nitrogens with one attached hydrogen (secondary N) is 1. The molecule has 0 fully saturated rings. The lowest BCUT2D eigenvalue weighted by Crippen LogP contribution is -2.09. The number of anilines is 1. The first-order valence-electron chi connectivity index (χ1n) is 6.70. The molecule has 0 radical (unpaired) electrons. The van der Waals surface area contributed by atoms with Crippen molar-refractivity contribution in [2.75, 3.05) is 5.32 Å². The Hall–Kier alpha value is -2.77. The van der Waals surface area contributed by atoms with E-state index in [2.05, 4.69) is 10.3 Å². The van der Waals surface area contributed by atoms with E-state index in [1.165, 1.54) is 0 Å². The Bertz CT molecular complexity index is 927. The molecule has 0 aliphatic carbocycles. The standard InChI is InChI=1S/C16H8F6N2/c17-10-9-8(12(19)16(22)24-15(9)21)11(18)14(13(10)20)23-6-7-4-2-1-3-5-7/h1-5,23H,6H2. The molecule has 0 aliphatic heterocycles. The summed E-state index contributed by atoms with van der Waals surface area (Å²) >= 11 is 0. The number of fused-ring (bicyclic) bond motifs is 1. The molecule has 0 amide bonds. The zero-order valence-corrected chi connectivity index (χ0v) is 11.8. The summed E-state index contributed by atoms with van der Waals surface area (Å²) in [5.41, 5.74) is -0.419. The van der Waals surface area contributed by atoms with E-state index in [9.17, 15) is 26.3 Å². The maximum Gasteiger partial charge on any atom is 0.252 e. The van der Waals surface area contributed by atoms with Gasteiger partial charge in [-0.25, -0.2) is 17.6 Å². The van der Waals surface area contributed by atoms with Crippen LogP contribution in [0.2, 0.25) is 0 Å². The third-order valence-corrected chi connectivity index (χ3v) is 3.44. The van der Waals surface area contributed by atoms with E-state index in [-0.39, 0.29) is 6.54 Å². The molecule has 3 rings (SSSR count). The van der Waals surface area contributed by atoms with E-state index in [4.69, 9.17) is 0 Å². The normalized spacial score (nSPS) is 11.1. The number of rotatable bonds is 3. The Morgan fingerprint density at radius 3 is 2.04 bits per heavy atom. The Balaban J connectivity index is 2.17. The first-order valence-corrected chi connectivity index (χ1v) is 6.70. The van der Waals surface area contributed by atoms with Crippen molar-refractivity contribution in [3.63, 3.8) is 0 Å². The molecule has 0 bridgehead atoms. The highest BCUT2D eigenvalue weighted by molar-refractivity contribution is 5.88. The molecule has 0 spiro atoms. The summed E-state index contributed by atoms with van der Waals surface area (Å²) in [6, 6.07) is 8.31. The second-order valence-electron chi connectivity index (χ2n) is 4.91. The van der Waals surface area contributed by atoms with Gasteiger partial charge in [0.15, 0.2) is 23.3 Å². The molecular weight excluding hydrogens is 334 g/mol. The van der Waals surface area contributed by atoms with Crippen molar-refractivity contribution >= 4 is 16.5 Å². The smallest absolute Gasteiger partial charge is 0.252 e. The number of halogens is 6. The van der Waals surface area contributed by atoms with E-state index in [1.807, 2.05) is 0 Å². The minimum Gasteiger partial charge on any atom is -0.376 e. The van der Waals surface area contributed by atoms with Crippen LogP contribution in [-0.4, -0.2) is 4.98 Å². The van der Waals surface area contributed by atoms with Crippen LogP contribution < -0.4 is 5.32 Å². The van der Waals surface area contributed by atoms with Gasteiger partial charge in [-0.2, -0.15) is 13.8 Å². The average molecular weight is 342 g/mol. The molecule has 0 saturated heterocycles. The fraction of sp³-hybridized carbons (Fsp3) is 0.0625. The Labute approximate surface area is 131 Å². The van der Waals surface area contributed by atoms with Gasteiger partial charge in [-0.05, 0) is 5.56 Å². The molecule has 0 unspecified atom stereocenters. The summed E-state index contributed by atoms with van der Waals surface area (Å²) in [4.78, 5) is 2.47. The highest BCUT2D eigenvalue weighted by atomic mass is 19.2. The van der Waals surface area contributed by atoms with Gasteiger partial charge in [-0.15, -0.1) is 0 Å². The van der Waals surface area contributed by atoms with Crippen molar-refractivity contribution in [2.24, 2.45) is 0 Å². The number of nitrogens with zero attached hydrogens (tertiary/aromatic N) is 1. The minimum atomic E-state index is -1.95. The number of hydrogen-bond acceptors (Lipinski definition) is 2. The second kappa shape index (κ2) is 6.03. The zero-order chi connectivity index (χ0) is 17.4. The van der Waals surface area contributed by atoms with Crippen LogP contribution in [0.4, 0.5) is 32.0 Å². The lowest BCUT2D eigenvalue weighted by molar-refractivity contribution is 0.447. The predicted octanol–water partition coefficient (Wildman–Crippen LogP) is 4.68. The van der Waals surface area contributed by atoms with Crippen LogP contribution in [0, 0.1) is 35.2 Å². The summed E-state index contributed by atoms with van der Waals surface area (Å²) in [5.74, 6) is -10.9. The van der Waals surface area contributed by atoms with Crippen LogP contribution in [0.5, 0.6) is 0 Å². The molecule has 1 aromatic heterocycles. The number of pyridine rings is 1. The van der Waals surface area contributed by atoms with Crippen molar-refractivity contribution in [1.82, 2.24) is 4.98 Å². The van der Waals surface area contributed by atoms with Crippen molar-refractivity contribution in [3.05, 3.63) is 71.1 Å². The lowest BCUT2D eigenvalue weighted by Gasteiger charge is -2.13. The van der Waals surface area contributed by atoms with Gasteiger partial charge in [0.05, 0.1) is 10.8 Å². The SMILES string of the molecule is Fc1nc(F)c2c(F)c(F)c(NCc3ccccc3)c(F)c2c1F. The average Bonchev–Trinajstić information content (AvgIpc) is 2.57. The van der Waals surface area contributed by atoms with Gasteiger partial charge in [0, 0.05) is 6.54 Å². The van der Waals surface area contributed by atoms with E-state index in [0.29, 0.717) is 5.56 Å². The van der Waals surface area contributed by atoms with Crippen LogP contribution >= 0.6 is 0 Å². The van der Waals surface area contributed by atoms with E-state index >= 15 is 0 Å². The summed E-state index contributed by atoms with van der Waals surface area (Å²) in [6.45, 7) is -0.114. The van der Waals surface area contributed by atoms with Crippen molar-refractivity contribution in [3.8, 4) is 0 Å². The fourth-order valence-corrected chi connectivity index (χ4v) is 2.30. The fourth-order valence-electron chi connectivity index (χ4n) is 2.30. The molecule has 1 heterocycles. The topological polar surface area (TPSA) is 24.9 Å². The van der Waals surface area contributed by atoms with Crippen molar-refractivity contribution in [1.29, 1.82) is 0 Å². The van der Waals surface area contributed by atoms with Gasteiger partial charge in [0.2, 0.25) is 5.95 Å². The monoisotopic (exact) mass is 342 g/mol. The molecule has 2 nitrogen and oxygen atoms in total.